The van der Waals surface area contributed by atoms with Crippen molar-refractivity contribution < 1.29 is 9.53 Å². The molecule has 2 unspecified atom stereocenters. The predicted molar refractivity (Wildman–Crippen MR) is 69.9 cm³/mol. The molecule has 1 N–H and O–H groups in total. The van der Waals surface area contributed by atoms with Gasteiger partial charge in [-0.15, -0.1) is 0 Å². The Kier molecular flexibility index (Phi) is 6.56. The normalized spacial score (nSPS) is 24.9. The van der Waals surface area contributed by atoms with Crippen molar-refractivity contribution in [2.75, 3.05) is 6.54 Å². The second-order valence-corrected chi connectivity index (χ2v) is 5.60. The lowest BCUT2D eigenvalue weighted by molar-refractivity contribution is -0.151. The first-order chi connectivity index (χ1) is 8.08. The van der Waals surface area contributed by atoms with Crippen LogP contribution < -0.4 is 5.32 Å². The fourth-order valence-electron chi connectivity index (χ4n) is 2.35. The van der Waals surface area contributed by atoms with E-state index in [4.69, 9.17) is 4.74 Å². The van der Waals surface area contributed by atoms with E-state index in [0.29, 0.717) is 18.4 Å². The molecule has 0 aromatic carbocycles. The van der Waals surface area contributed by atoms with E-state index in [1.54, 1.807) is 0 Å². The molecule has 1 aliphatic carbocycles. The first-order valence-electron chi connectivity index (χ1n) is 7.00. The summed E-state index contributed by atoms with van der Waals surface area (Å²) in [7, 11) is 0. The van der Waals surface area contributed by atoms with Crippen molar-refractivity contribution in [3.05, 3.63) is 0 Å². The number of hydrogen-bond donors (Lipinski definition) is 1. The van der Waals surface area contributed by atoms with Crippen LogP contribution in [0.4, 0.5) is 0 Å². The average molecular weight is 241 g/mol. The minimum absolute atomic E-state index is 0.0188. The Morgan fingerprint density at radius 3 is 2.82 bits per heavy atom. The monoisotopic (exact) mass is 241 g/mol. The third kappa shape index (κ3) is 6.67. The summed E-state index contributed by atoms with van der Waals surface area (Å²) in [6, 6.07) is 0.491. The molecule has 100 valence electrons. The number of nitrogens with one attached hydrogen (secondary N) is 1. The molecule has 1 rings (SSSR count). The van der Waals surface area contributed by atoms with Crippen molar-refractivity contribution in [1.29, 1.82) is 0 Å². The van der Waals surface area contributed by atoms with Gasteiger partial charge in [0.25, 0.3) is 0 Å². The maximum Gasteiger partial charge on any atom is 0.306 e. The molecular weight excluding hydrogens is 214 g/mol. The Labute approximate surface area is 105 Å². The molecule has 17 heavy (non-hydrogen) atoms. The van der Waals surface area contributed by atoms with Gasteiger partial charge in [-0.3, -0.25) is 4.79 Å². The van der Waals surface area contributed by atoms with Crippen LogP contribution in [0.15, 0.2) is 0 Å². The Balaban J connectivity index is 2.07. The van der Waals surface area contributed by atoms with Gasteiger partial charge in [-0.05, 0) is 38.1 Å². The van der Waals surface area contributed by atoms with Crippen LogP contribution in [0.3, 0.4) is 0 Å². The number of hydrogen-bond acceptors (Lipinski definition) is 3. The molecule has 0 aromatic rings. The Morgan fingerprint density at radius 2 is 2.18 bits per heavy atom. The zero-order chi connectivity index (χ0) is 12.7. The second-order valence-electron chi connectivity index (χ2n) is 5.60. The van der Waals surface area contributed by atoms with Crippen molar-refractivity contribution in [2.24, 2.45) is 5.92 Å². The summed E-state index contributed by atoms with van der Waals surface area (Å²) in [4.78, 5) is 11.6. The van der Waals surface area contributed by atoms with Crippen LogP contribution in [0.2, 0.25) is 0 Å². The minimum atomic E-state index is -0.0188. The fraction of sp³-hybridized carbons (Fsp3) is 0.929. The van der Waals surface area contributed by atoms with E-state index in [1.807, 2.05) is 0 Å². The van der Waals surface area contributed by atoms with Gasteiger partial charge in [0.1, 0.15) is 6.10 Å². The van der Waals surface area contributed by atoms with Gasteiger partial charge in [0.05, 0.1) is 0 Å². The smallest absolute Gasteiger partial charge is 0.306 e. The number of carbonyl (C=O) groups is 1. The van der Waals surface area contributed by atoms with E-state index in [1.165, 1.54) is 12.8 Å². The number of carbonyl (C=O) groups excluding carboxylic acids is 1. The molecule has 0 aliphatic heterocycles. The quantitative estimate of drug-likeness (QED) is 0.574. The van der Waals surface area contributed by atoms with Crippen molar-refractivity contribution >= 4 is 5.97 Å². The molecule has 0 spiro atoms. The fourth-order valence-corrected chi connectivity index (χ4v) is 2.35. The van der Waals surface area contributed by atoms with Crippen molar-refractivity contribution in [1.82, 2.24) is 5.32 Å². The van der Waals surface area contributed by atoms with Gasteiger partial charge in [-0.2, -0.15) is 0 Å². The van der Waals surface area contributed by atoms with Gasteiger partial charge in [-0.1, -0.05) is 27.2 Å². The van der Waals surface area contributed by atoms with E-state index < -0.39 is 0 Å². The van der Waals surface area contributed by atoms with E-state index in [0.717, 1.165) is 25.8 Å². The Bertz CT molecular complexity index is 228. The maximum absolute atomic E-state index is 11.6. The number of ether oxygens (including phenoxy) is 1. The van der Waals surface area contributed by atoms with Crippen LogP contribution in [-0.4, -0.2) is 24.7 Å². The molecule has 0 saturated heterocycles. The van der Waals surface area contributed by atoms with Crippen LogP contribution in [0.1, 0.15) is 59.3 Å². The molecule has 0 heterocycles. The first-order valence-corrected chi connectivity index (χ1v) is 7.00. The largest absolute Gasteiger partial charge is 0.462 e. The van der Waals surface area contributed by atoms with Crippen LogP contribution >= 0.6 is 0 Å². The van der Waals surface area contributed by atoms with Crippen molar-refractivity contribution in [3.63, 3.8) is 0 Å². The van der Waals surface area contributed by atoms with Gasteiger partial charge in [0.2, 0.25) is 0 Å². The highest BCUT2D eigenvalue weighted by atomic mass is 16.5. The summed E-state index contributed by atoms with van der Waals surface area (Å²) in [5, 5.41) is 3.30. The summed E-state index contributed by atoms with van der Waals surface area (Å²) in [5.41, 5.74) is 0. The standard InChI is InChI=1S/C14H27NO2/c1-11(2)15-9-5-8-14(16)17-13-7-4-6-12(3)10-13/h11-13,15H,4-10H2,1-3H3. The summed E-state index contributed by atoms with van der Waals surface area (Å²) >= 11 is 0. The van der Waals surface area contributed by atoms with Crippen LogP contribution in [-0.2, 0) is 9.53 Å². The maximum atomic E-state index is 11.6. The molecule has 1 aliphatic rings. The molecule has 0 radical (unpaired) electrons. The van der Waals surface area contributed by atoms with Crippen molar-refractivity contribution in [3.8, 4) is 0 Å². The molecule has 0 amide bonds. The molecule has 0 bridgehead atoms. The molecule has 1 fully saturated rings. The third-order valence-electron chi connectivity index (χ3n) is 3.30. The lowest BCUT2D eigenvalue weighted by Crippen LogP contribution is -2.26. The summed E-state index contributed by atoms with van der Waals surface area (Å²) in [6.45, 7) is 7.36. The highest BCUT2D eigenvalue weighted by Gasteiger charge is 2.21. The van der Waals surface area contributed by atoms with E-state index in [-0.39, 0.29) is 12.1 Å². The summed E-state index contributed by atoms with van der Waals surface area (Å²) < 4.78 is 5.50. The zero-order valence-electron chi connectivity index (χ0n) is 11.5. The van der Waals surface area contributed by atoms with Crippen LogP contribution in [0.5, 0.6) is 0 Å². The Hall–Kier alpha value is -0.570. The average Bonchev–Trinajstić information content (AvgIpc) is 2.24. The third-order valence-corrected chi connectivity index (χ3v) is 3.30. The highest BCUT2D eigenvalue weighted by molar-refractivity contribution is 5.69. The van der Waals surface area contributed by atoms with Crippen molar-refractivity contribution in [2.45, 2.75) is 71.4 Å². The minimum Gasteiger partial charge on any atom is -0.462 e. The predicted octanol–water partition coefficient (Wildman–Crippen LogP) is 2.89. The van der Waals surface area contributed by atoms with Gasteiger partial charge < -0.3 is 10.1 Å². The first kappa shape index (κ1) is 14.5. The van der Waals surface area contributed by atoms with E-state index in [9.17, 15) is 4.79 Å². The SMILES string of the molecule is CC1CCCC(OC(=O)CCCNC(C)C)C1. The zero-order valence-corrected chi connectivity index (χ0v) is 11.5. The number of rotatable bonds is 6. The highest BCUT2D eigenvalue weighted by Crippen LogP contribution is 2.25. The van der Waals surface area contributed by atoms with Gasteiger partial charge in [0, 0.05) is 12.5 Å². The number of esters is 1. The molecule has 3 heteroatoms. The molecule has 1 saturated carbocycles. The summed E-state index contributed by atoms with van der Waals surface area (Å²) in [5.74, 6) is 0.693. The Morgan fingerprint density at radius 1 is 1.41 bits per heavy atom. The lowest BCUT2D eigenvalue weighted by Gasteiger charge is -2.26. The lowest BCUT2D eigenvalue weighted by atomic mass is 9.89. The topological polar surface area (TPSA) is 38.3 Å². The van der Waals surface area contributed by atoms with E-state index >= 15 is 0 Å². The molecule has 2 atom stereocenters. The summed E-state index contributed by atoms with van der Waals surface area (Å²) in [6.07, 6.45) is 6.20. The van der Waals surface area contributed by atoms with Gasteiger partial charge in [-0.25, -0.2) is 0 Å². The molecular formula is C14H27NO2. The van der Waals surface area contributed by atoms with Crippen LogP contribution in [0.25, 0.3) is 0 Å². The van der Waals surface area contributed by atoms with Gasteiger partial charge >= 0.3 is 5.97 Å². The van der Waals surface area contributed by atoms with Gasteiger partial charge in [0.15, 0.2) is 0 Å². The molecule has 0 aromatic heterocycles. The molecule has 3 nitrogen and oxygen atoms in total. The second kappa shape index (κ2) is 7.70. The van der Waals surface area contributed by atoms with Crippen LogP contribution in [0, 0.1) is 5.92 Å². The van der Waals surface area contributed by atoms with E-state index in [2.05, 4.69) is 26.1 Å².